The number of benzene rings is 1. The molecule has 0 saturated carbocycles. The maximum Gasteiger partial charge on any atom is 0.165 e. The van der Waals surface area contributed by atoms with Crippen molar-refractivity contribution in [2.45, 2.75) is 32.9 Å². The number of ether oxygens (including phenoxy) is 1. The van der Waals surface area contributed by atoms with Crippen molar-refractivity contribution in [1.29, 1.82) is 0 Å². The van der Waals surface area contributed by atoms with Crippen LogP contribution in [0.25, 0.3) is 0 Å². The topological polar surface area (TPSA) is 21.3 Å². The summed E-state index contributed by atoms with van der Waals surface area (Å²) >= 11 is 1.77. The van der Waals surface area contributed by atoms with E-state index in [9.17, 15) is 4.39 Å². The molecule has 0 radical (unpaired) electrons. The van der Waals surface area contributed by atoms with E-state index in [1.54, 1.807) is 17.8 Å². The molecule has 0 spiro atoms. The molecule has 0 aliphatic carbocycles. The largest absolute Gasteiger partial charge is 0.490 e. The van der Waals surface area contributed by atoms with Gasteiger partial charge in [0.15, 0.2) is 11.6 Å². The zero-order valence-electron chi connectivity index (χ0n) is 11.3. The van der Waals surface area contributed by atoms with Gasteiger partial charge in [0.05, 0.1) is 6.61 Å². The summed E-state index contributed by atoms with van der Waals surface area (Å²) in [5.41, 5.74) is 0.882. The third-order valence-corrected chi connectivity index (χ3v) is 3.19. The second-order valence-electron chi connectivity index (χ2n) is 4.46. The van der Waals surface area contributed by atoms with Crippen LogP contribution in [0.15, 0.2) is 18.2 Å². The van der Waals surface area contributed by atoms with Gasteiger partial charge in [0, 0.05) is 18.2 Å². The van der Waals surface area contributed by atoms with E-state index in [4.69, 9.17) is 4.74 Å². The SMILES string of the molecule is CSCCCOc1c(F)cccc1CNC(C)C. The highest BCUT2D eigenvalue weighted by Gasteiger charge is 2.09. The monoisotopic (exact) mass is 271 g/mol. The zero-order valence-corrected chi connectivity index (χ0v) is 12.1. The van der Waals surface area contributed by atoms with Gasteiger partial charge < -0.3 is 10.1 Å². The zero-order chi connectivity index (χ0) is 13.4. The van der Waals surface area contributed by atoms with Crippen molar-refractivity contribution < 1.29 is 9.13 Å². The molecule has 0 atom stereocenters. The molecule has 0 heterocycles. The smallest absolute Gasteiger partial charge is 0.165 e. The Morgan fingerprint density at radius 3 is 2.83 bits per heavy atom. The quantitative estimate of drug-likeness (QED) is 0.732. The Balaban J connectivity index is 2.62. The van der Waals surface area contributed by atoms with E-state index in [1.165, 1.54) is 6.07 Å². The summed E-state index contributed by atoms with van der Waals surface area (Å²) in [5.74, 6) is 1.16. The van der Waals surface area contributed by atoms with Crippen LogP contribution in [0.2, 0.25) is 0 Å². The summed E-state index contributed by atoms with van der Waals surface area (Å²) in [6.07, 6.45) is 2.99. The van der Waals surface area contributed by atoms with E-state index in [0.717, 1.165) is 17.7 Å². The third-order valence-electron chi connectivity index (χ3n) is 2.49. The van der Waals surface area contributed by atoms with Crippen molar-refractivity contribution in [3.63, 3.8) is 0 Å². The van der Waals surface area contributed by atoms with E-state index in [0.29, 0.717) is 24.9 Å². The fourth-order valence-electron chi connectivity index (χ4n) is 1.55. The number of halogens is 1. The van der Waals surface area contributed by atoms with E-state index >= 15 is 0 Å². The molecule has 0 saturated heterocycles. The fourth-order valence-corrected chi connectivity index (χ4v) is 1.95. The van der Waals surface area contributed by atoms with Gasteiger partial charge in [-0.2, -0.15) is 11.8 Å². The van der Waals surface area contributed by atoms with Gasteiger partial charge >= 0.3 is 0 Å². The summed E-state index contributed by atoms with van der Waals surface area (Å²) in [5, 5.41) is 3.28. The number of hydrogen-bond acceptors (Lipinski definition) is 3. The number of rotatable bonds is 8. The van der Waals surface area contributed by atoms with Crippen LogP contribution in [-0.4, -0.2) is 24.7 Å². The molecule has 0 aromatic heterocycles. The first-order chi connectivity index (χ1) is 8.65. The molecule has 0 aliphatic rings. The van der Waals surface area contributed by atoms with Gasteiger partial charge in [-0.15, -0.1) is 0 Å². The average molecular weight is 271 g/mol. The molecular formula is C14H22FNOS. The first-order valence-electron chi connectivity index (χ1n) is 6.27. The van der Waals surface area contributed by atoms with E-state index in [2.05, 4.69) is 25.4 Å². The second kappa shape index (κ2) is 8.38. The van der Waals surface area contributed by atoms with Crippen LogP contribution in [-0.2, 0) is 6.54 Å². The van der Waals surface area contributed by atoms with Gasteiger partial charge in [-0.3, -0.25) is 0 Å². The van der Waals surface area contributed by atoms with Gasteiger partial charge in [-0.25, -0.2) is 4.39 Å². The summed E-state index contributed by atoms with van der Waals surface area (Å²) in [6, 6.07) is 5.45. The molecule has 1 aromatic carbocycles. The van der Waals surface area contributed by atoms with E-state index in [1.807, 2.05) is 6.07 Å². The van der Waals surface area contributed by atoms with Crippen molar-refractivity contribution in [2.75, 3.05) is 18.6 Å². The molecule has 1 N–H and O–H groups in total. The Bertz CT molecular complexity index is 358. The maximum absolute atomic E-state index is 13.7. The molecule has 0 amide bonds. The lowest BCUT2D eigenvalue weighted by Crippen LogP contribution is -2.22. The third kappa shape index (κ3) is 5.27. The van der Waals surface area contributed by atoms with Gasteiger partial charge in [0.1, 0.15) is 0 Å². The van der Waals surface area contributed by atoms with Crippen LogP contribution in [0.4, 0.5) is 4.39 Å². The maximum atomic E-state index is 13.7. The predicted octanol–water partition coefficient (Wildman–Crippen LogP) is 3.46. The second-order valence-corrected chi connectivity index (χ2v) is 5.44. The van der Waals surface area contributed by atoms with Crippen LogP contribution in [0.5, 0.6) is 5.75 Å². The molecule has 1 rings (SSSR count). The Morgan fingerprint density at radius 1 is 1.39 bits per heavy atom. The molecule has 0 unspecified atom stereocenters. The van der Waals surface area contributed by atoms with Crippen LogP contribution >= 0.6 is 11.8 Å². The number of para-hydroxylation sites is 1. The van der Waals surface area contributed by atoms with Gasteiger partial charge in [0.2, 0.25) is 0 Å². The first-order valence-corrected chi connectivity index (χ1v) is 7.67. The molecule has 4 heteroatoms. The standard InChI is InChI=1S/C14H22FNOS/c1-11(2)16-10-12-6-4-7-13(15)14(12)17-8-5-9-18-3/h4,6-7,11,16H,5,8-10H2,1-3H3. The Kier molecular flexibility index (Phi) is 7.13. The molecule has 0 aliphatic heterocycles. The lowest BCUT2D eigenvalue weighted by molar-refractivity contribution is 0.298. The fraction of sp³-hybridized carbons (Fsp3) is 0.571. The van der Waals surface area contributed by atoms with E-state index in [-0.39, 0.29) is 5.82 Å². The van der Waals surface area contributed by atoms with Crippen LogP contribution < -0.4 is 10.1 Å². The minimum Gasteiger partial charge on any atom is -0.490 e. The highest BCUT2D eigenvalue weighted by Crippen LogP contribution is 2.23. The molecule has 2 nitrogen and oxygen atoms in total. The van der Waals surface area contributed by atoms with Gasteiger partial charge in [0.25, 0.3) is 0 Å². The average Bonchev–Trinajstić information content (AvgIpc) is 2.34. The highest BCUT2D eigenvalue weighted by molar-refractivity contribution is 7.98. The summed E-state index contributed by atoms with van der Waals surface area (Å²) in [6.45, 7) is 5.33. The number of thioether (sulfide) groups is 1. The lowest BCUT2D eigenvalue weighted by Gasteiger charge is -2.14. The molecule has 1 aromatic rings. The molecule has 102 valence electrons. The Morgan fingerprint density at radius 2 is 2.17 bits per heavy atom. The predicted molar refractivity (Wildman–Crippen MR) is 76.9 cm³/mol. The molecule has 0 bridgehead atoms. The minimum atomic E-state index is -0.276. The van der Waals surface area contributed by atoms with Crippen molar-refractivity contribution in [3.8, 4) is 5.75 Å². The minimum absolute atomic E-state index is 0.276. The van der Waals surface area contributed by atoms with E-state index < -0.39 is 0 Å². The van der Waals surface area contributed by atoms with Crippen molar-refractivity contribution in [3.05, 3.63) is 29.6 Å². The van der Waals surface area contributed by atoms with Crippen LogP contribution in [0.3, 0.4) is 0 Å². The number of hydrogen-bond donors (Lipinski definition) is 1. The highest BCUT2D eigenvalue weighted by atomic mass is 32.2. The van der Waals surface area contributed by atoms with Crippen LogP contribution in [0, 0.1) is 5.82 Å². The summed E-state index contributed by atoms with van der Waals surface area (Å²) < 4.78 is 19.3. The Hall–Kier alpha value is -0.740. The molecule has 0 fully saturated rings. The van der Waals surface area contributed by atoms with Crippen molar-refractivity contribution >= 4 is 11.8 Å². The van der Waals surface area contributed by atoms with Gasteiger partial charge in [-0.1, -0.05) is 26.0 Å². The van der Waals surface area contributed by atoms with Crippen molar-refractivity contribution in [1.82, 2.24) is 5.32 Å². The van der Waals surface area contributed by atoms with Crippen LogP contribution in [0.1, 0.15) is 25.8 Å². The first kappa shape index (κ1) is 15.3. The van der Waals surface area contributed by atoms with Gasteiger partial charge in [-0.05, 0) is 24.5 Å². The molecular weight excluding hydrogens is 249 g/mol. The molecule has 18 heavy (non-hydrogen) atoms. The summed E-state index contributed by atoms with van der Waals surface area (Å²) in [4.78, 5) is 0. The summed E-state index contributed by atoms with van der Waals surface area (Å²) in [7, 11) is 0. The Labute approximate surface area is 113 Å². The normalized spacial score (nSPS) is 10.9. The number of nitrogens with one attached hydrogen (secondary N) is 1. The lowest BCUT2D eigenvalue weighted by atomic mass is 10.2. The van der Waals surface area contributed by atoms with Crippen molar-refractivity contribution in [2.24, 2.45) is 0 Å².